The van der Waals surface area contributed by atoms with Crippen molar-refractivity contribution in [3.63, 3.8) is 0 Å². The maximum atomic E-state index is 14.9. The summed E-state index contributed by atoms with van der Waals surface area (Å²) in [7, 11) is 0. The number of hydrogen-bond donors (Lipinski definition) is 4. The van der Waals surface area contributed by atoms with Gasteiger partial charge in [0.05, 0.1) is 12.1 Å². The fourth-order valence-electron chi connectivity index (χ4n) is 8.16. The number of Topliss-reactive ketones (excluding diaryl/α,β-unsaturated/α-hetero) is 1. The number of piperidine rings is 1. The molecule has 2 heterocycles. The number of unbranched alkanes of at least 4 members (excludes halogenated alkanes) is 1. The van der Waals surface area contributed by atoms with E-state index in [1.165, 1.54) is 15.9 Å². The largest absolute Gasteiger partial charge is 0.346 e. The minimum atomic E-state index is -1.07. The molecule has 55 heavy (non-hydrogen) atoms. The molecule has 0 bridgehead atoms. The molecule has 0 radical (unpaired) electrons. The van der Waals surface area contributed by atoms with Crippen LogP contribution in [-0.2, 0) is 28.8 Å². The number of allylic oxidation sites excluding steroid dienone is 1. The van der Waals surface area contributed by atoms with Crippen LogP contribution >= 0.6 is 0 Å². The van der Waals surface area contributed by atoms with Gasteiger partial charge in [0, 0.05) is 38.4 Å². The van der Waals surface area contributed by atoms with Crippen LogP contribution in [0.2, 0.25) is 0 Å². The van der Waals surface area contributed by atoms with E-state index in [9.17, 15) is 33.6 Å². The van der Waals surface area contributed by atoms with E-state index in [0.717, 1.165) is 31.3 Å². The molecule has 3 aliphatic rings. The fourth-order valence-corrected chi connectivity index (χ4v) is 8.16. The summed E-state index contributed by atoms with van der Waals surface area (Å²) in [5.74, 6) is -3.39. The zero-order valence-electron chi connectivity index (χ0n) is 34.9. The average Bonchev–Trinajstić information content (AvgIpc) is 3.50. The van der Waals surface area contributed by atoms with Crippen LogP contribution in [0.15, 0.2) is 24.3 Å². The SMILES string of the molecule is C=CCNC(=O)C(=O)C(CCCC)NC(=O)[C@@H]1C(C=C(C)C)CCN1C(=O)[C@@H](NC(=O)N[C@H](CN1C(=O)CC(C)(C)CC1=O)C(C)(C)C)C1(C)CCCCC1. The van der Waals surface area contributed by atoms with Crippen molar-refractivity contribution in [3.05, 3.63) is 24.3 Å². The lowest BCUT2D eigenvalue weighted by molar-refractivity contribution is -0.153. The highest BCUT2D eigenvalue weighted by atomic mass is 16.2. The summed E-state index contributed by atoms with van der Waals surface area (Å²) in [6.07, 6.45) is 10.1. The van der Waals surface area contributed by atoms with E-state index in [4.69, 9.17) is 0 Å². The second-order valence-electron chi connectivity index (χ2n) is 18.3. The highest BCUT2D eigenvalue weighted by Crippen LogP contribution is 2.41. The van der Waals surface area contributed by atoms with Crippen molar-refractivity contribution in [1.82, 2.24) is 31.1 Å². The number of amides is 7. The first kappa shape index (κ1) is 45.4. The number of likely N-dealkylation sites (tertiary alicyclic amines) is 2. The standard InChI is InChI=1S/C42H68N6O7/c1-11-13-17-29(34(51)37(53)43-21-12-2)44-36(52)33-28(23-27(3)4)18-22-47(33)38(54)35(42(10)19-15-14-16-20-42)46-39(55)45-30(40(5,6)7)26-48-31(49)24-41(8,9)25-32(48)50/h12,23,28-30,33,35H,2,11,13-22,24-26H2,1,3-10H3,(H,43,53)(H,44,52)(H2,45,46,55)/t28?,29?,30-,33+,35-/m1/s1. The van der Waals surface area contributed by atoms with Crippen LogP contribution < -0.4 is 21.3 Å². The number of ketones is 1. The van der Waals surface area contributed by atoms with E-state index >= 15 is 0 Å². The molecule has 13 heteroatoms. The zero-order valence-corrected chi connectivity index (χ0v) is 34.9. The molecule has 2 saturated heterocycles. The first-order chi connectivity index (χ1) is 25.6. The minimum absolute atomic E-state index is 0.00281. The monoisotopic (exact) mass is 769 g/mol. The van der Waals surface area contributed by atoms with Gasteiger partial charge in [0.1, 0.15) is 12.1 Å². The fraction of sp³-hybridized carbons (Fsp3) is 0.738. The Morgan fingerprint density at radius 2 is 1.56 bits per heavy atom. The summed E-state index contributed by atoms with van der Waals surface area (Å²) in [4.78, 5) is 98.2. The molecule has 5 atom stereocenters. The summed E-state index contributed by atoms with van der Waals surface area (Å²) >= 11 is 0. The number of nitrogens with zero attached hydrogens (tertiary/aromatic N) is 2. The van der Waals surface area contributed by atoms with Crippen molar-refractivity contribution >= 4 is 41.4 Å². The Morgan fingerprint density at radius 1 is 0.945 bits per heavy atom. The van der Waals surface area contributed by atoms with Gasteiger partial charge in [0.15, 0.2) is 0 Å². The molecule has 2 aliphatic heterocycles. The van der Waals surface area contributed by atoms with Gasteiger partial charge in [0.25, 0.3) is 5.91 Å². The smallest absolute Gasteiger partial charge is 0.315 e. The van der Waals surface area contributed by atoms with Gasteiger partial charge < -0.3 is 26.2 Å². The van der Waals surface area contributed by atoms with Gasteiger partial charge in [-0.25, -0.2) is 4.79 Å². The Hall–Kier alpha value is -4.03. The summed E-state index contributed by atoms with van der Waals surface area (Å²) in [6, 6.07) is -4.26. The highest BCUT2D eigenvalue weighted by molar-refractivity contribution is 6.38. The van der Waals surface area contributed by atoms with Gasteiger partial charge in [-0.3, -0.25) is 33.7 Å². The van der Waals surface area contributed by atoms with Crippen LogP contribution in [-0.4, -0.2) is 95.0 Å². The molecule has 1 saturated carbocycles. The molecule has 0 aromatic heterocycles. The van der Waals surface area contributed by atoms with E-state index in [1.807, 2.05) is 68.4 Å². The zero-order chi connectivity index (χ0) is 41.3. The van der Waals surface area contributed by atoms with E-state index in [0.29, 0.717) is 25.7 Å². The quantitative estimate of drug-likeness (QED) is 0.0978. The van der Waals surface area contributed by atoms with Crippen LogP contribution in [0.1, 0.15) is 133 Å². The number of rotatable bonds is 16. The lowest BCUT2D eigenvalue weighted by Gasteiger charge is -2.43. The molecule has 13 nitrogen and oxygen atoms in total. The maximum Gasteiger partial charge on any atom is 0.315 e. The molecule has 3 fully saturated rings. The first-order valence-corrected chi connectivity index (χ1v) is 20.2. The number of carbonyl (C=O) groups excluding carboxylic acids is 7. The highest BCUT2D eigenvalue weighted by Gasteiger charge is 2.49. The third kappa shape index (κ3) is 12.2. The Balaban J connectivity index is 1.94. The second kappa shape index (κ2) is 19.2. The molecule has 0 aromatic carbocycles. The van der Waals surface area contributed by atoms with Crippen LogP contribution in [0.25, 0.3) is 0 Å². The van der Waals surface area contributed by atoms with Crippen LogP contribution in [0.3, 0.4) is 0 Å². The molecule has 4 N–H and O–H groups in total. The average molecular weight is 769 g/mol. The van der Waals surface area contributed by atoms with Gasteiger partial charge in [-0.15, -0.1) is 6.58 Å². The number of nitrogens with one attached hydrogen (secondary N) is 4. The van der Waals surface area contributed by atoms with Crippen molar-refractivity contribution in [2.75, 3.05) is 19.6 Å². The number of carbonyl (C=O) groups is 7. The molecule has 1 aliphatic carbocycles. The van der Waals surface area contributed by atoms with E-state index < -0.39 is 64.0 Å². The van der Waals surface area contributed by atoms with Crippen molar-refractivity contribution in [2.24, 2.45) is 22.2 Å². The van der Waals surface area contributed by atoms with Crippen LogP contribution in [0, 0.1) is 22.2 Å². The van der Waals surface area contributed by atoms with Crippen molar-refractivity contribution in [3.8, 4) is 0 Å². The van der Waals surface area contributed by atoms with Crippen LogP contribution in [0.4, 0.5) is 4.79 Å². The summed E-state index contributed by atoms with van der Waals surface area (Å²) in [6.45, 7) is 21.3. The van der Waals surface area contributed by atoms with E-state index in [1.54, 1.807) is 0 Å². The van der Waals surface area contributed by atoms with Crippen molar-refractivity contribution < 1.29 is 33.6 Å². The summed E-state index contributed by atoms with van der Waals surface area (Å²) < 4.78 is 0. The van der Waals surface area contributed by atoms with Gasteiger partial charge in [-0.1, -0.05) is 98.3 Å². The van der Waals surface area contributed by atoms with Gasteiger partial charge >= 0.3 is 6.03 Å². The maximum absolute atomic E-state index is 14.9. The number of urea groups is 1. The molecule has 7 amide bonds. The third-order valence-corrected chi connectivity index (χ3v) is 11.4. The van der Waals surface area contributed by atoms with Gasteiger partial charge in [0.2, 0.25) is 29.4 Å². The Kier molecular flexibility index (Phi) is 15.8. The van der Waals surface area contributed by atoms with E-state index in [-0.39, 0.29) is 62.5 Å². The lowest BCUT2D eigenvalue weighted by atomic mass is 9.70. The lowest BCUT2D eigenvalue weighted by Crippen LogP contribution is -2.63. The Bertz CT molecular complexity index is 1470. The molecule has 0 spiro atoms. The number of imide groups is 1. The second-order valence-corrected chi connectivity index (χ2v) is 18.3. The first-order valence-electron chi connectivity index (χ1n) is 20.2. The molecular weight excluding hydrogens is 700 g/mol. The number of hydrogen-bond acceptors (Lipinski definition) is 7. The van der Waals surface area contributed by atoms with E-state index in [2.05, 4.69) is 27.8 Å². The molecule has 3 rings (SSSR count). The Morgan fingerprint density at radius 3 is 2.11 bits per heavy atom. The molecular formula is C42H68N6O7. The minimum Gasteiger partial charge on any atom is -0.346 e. The summed E-state index contributed by atoms with van der Waals surface area (Å²) in [5, 5.41) is 11.4. The normalized spacial score (nSPS) is 22.5. The topological polar surface area (TPSA) is 174 Å². The summed E-state index contributed by atoms with van der Waals surface area (Å²) in [5.41, 5.74) is -0.637. The predicted octanol–water partition coefficient (Wildman–Crippen LogP) is 4.94. The third-order valence-electron chi connectivity index (χ3n) is 11.4. The van der Waals surface area contributed by atoms with Gasteiger partial charge in [-0.2, -0.15) is 0 Å². The van der Waals surface area contributed by atoms with Crippen molar-refractivity contribution in [2.45, 2.75) is 157 Å². The predicted molar refractivity (Wildman–Crippen MR) is 212 cm³/mol. The molecule has 0 aromatic rings. The Labute approximate surface area is 328 Å². The van der Waals surface area contributed by atoms with Crippen LogP contribution in [0.5, 0.6) is 0 Å². The van der Waals surface area contributed by atoms with Gasteiger partial charge in [-0.05, 0) is 55.8 Å². The molecule has 308 valence electrons. The molecule has 2 unspecified atom stereocenters. The van der Waals surface area contributed by atoms with Crippen molar-refractivity contribution in [1.29, 1.82) is 0 Å².